The summed E-state index contributed by atoms with van der Waals surface area (Å²) in [6.07, 6.45) is 1.58. The molecular formula is C9H15NO2Si. The van der Waals surface area contributed by atoms with E-state index in [0.717, 1.165) is 5.38 Å². The summed E-state index contributed by atoms with van der Waals surface area (Å²) >= 11 is 0. The molecule has 0 fully saturated rings. The Labute approximate surface area is 79.4 Å². The first-order valence-electron chi connectivity index (χ1n) is 4.29. The molecule has 0 amide bonds. The minimum absolute atomic E-state index is 0.468. The molecule has 4 heteroatoms. The van der Waals surface area contributed by atoms with E-state index >= 15 is 0 Å². The van der Waals surface area contributed by atoms with Gasteiger partial charge in [0.2, 0.25) is 0 Å². The van der Waals surface area contributed by atoms with Gasteiger partial charge in [0.15, 0.2) is 0 Å². The average molecular weight is 197 g/mol. The second-order valence-electron chi connectivity index (χ2n) is 3.82. The van der Waals surface area contributed by atoms with Gasteiger partial charge in [0.05, 0.1) is 5.38 Å². The zero-order valence-corrected chi connectivity index (χ0v) is 9.50. The van der Waals surface area contributed by atoms with E-state index in [2.05, 4.69) is 24.8 Å². The molecule has 0 aliphatic rings. The fourth-order valence-electron chi connectivity index (χ4n) is 0.877. The fourth-order valence-corrected chi connectivity index (χ4v) is 1.87. The van der Waals surface area contributed by atoms with Crippen LogP contribution in [0.1, 0.15) is 6.92 Å². The lowest BCUT2D eigenvalue weighted by Crippen LogP contribution is -2.36. The maximum Gasteiger partial charge on any atom is 0.314 e. The Bertz CT molecular complexity index is 299. The van der Waals surface area contributed by atoms with Crippen molar-refractivity contribution in [3.8, 4) is 5.95 Å². The van der Waals surface area contributed by atoms with E-state index in [-0.39, 0.29) is 0 Å². The van der Waals surface area contributed by atoms with Crippen LogP contribution in [0.5, 0.6) is 5.95 Å². The van der Waals surface area contributed by atoms with Crippen molar-refractivity contribution in [2.75, 3.05) is 0 Å². The molecule has 1 aromatic heterocycles. The lowest BCUT2D eigenvalue weighted by Gasteiger charge is -2.10. The molecule has 1 rings (SSSR count). The standard InChI is InChI=1S/C9H15NO2Si/c1-5-10-12-8-6-7-9(11-8)13(2,3)4/h5-7H,1-4H3/b10-5-. The van der Waals surface area contributed by atoms with Crippen molar-refractivity contribution in [3.05, 3.63) is 12.1 Å². The normalized spacial score (nSPS) is 12.3. The largest absolute Gasteiger partial charge is 0.435 e. The van der Waals surface area contributed by atoms with Crippen LogP contribution in [0, 0.1) is 0 Å². The smallest absolute Gasteiger partial charge is 0.314 e. The minimum Gasteiger partial charge on any atom is -0.435 e. The van der Waals surface area contributed by atoms with Gasteiger partial charge in [0.1, 0.15) is 8.07 Å². The van der Waals surface area contributed by atoms with Crippen molar-refractivity contribution in [3.63, 3.8) is 0 Å². The summed E-state index contributed by atoms with van der Waals surface area (Å²) in [6.45, 7) is 8.46. The highest BCUT2D eigenvalue weighted by molar-refractivity contribution is 6.87. The maximum atomic E-state index is 5.48. The van der Waals surface area contributed by atoms with Gasteiger partial charge in [-0.05, 0) is 13.0 Å². The Morgan fingerprint density at radius 1 is 1.38 bits per heavy atom. The molecule has 0 atom stereocenters. The zero-order valence-electron chi connectivity index (χ0n) is 8.50. The van der Waals surface area contributed by atoms with Crippen molar-refractivity contribution in [1.82, 2.24) is 0 Å². The highest BCUT2D eigenvalue weighted by Crippen LogP contribution is 2.13. The van der Waals surface area contributed by atoms with Crippen molar-refractivity contribution in [2.24, 2.45) is 5.16 Å². The highest BCUT2D eigenvalue weighted by atomic mass is 28.3. The lowest BCUT2D eigenvalue weighted by atomic mass is 10.6. The van der Waals surface area contributed by atoms with Gasteiger partial charge in [-0.15, -0.1) is 0 Å². The Morgan fingerprint density at radius 2 is 2.08 bits per heavy atom. The predicted molar refractivity (Wildman–Crippen MR) is 56.5 cm³/mol. The van der Waals surface area contributed by atoms with E-state index in [1.807, 2.05) is 6.07 Å². The first-order valence-corrected chi connectivity index (χ1v) is 7.79. The molecule has 0 radical (unpaired) electrons. The quantitative estimate of drug-likeness (QED) is 0.423. The van der Waals surface area contributed by atoms with Crippen LogP contribution in [0.2, 0.25) is 19.6 Å². The van der Waals surface area contributed by atoms with Crippen molar-refractivity contribution >= 4 is 19.7 Å². The molecule has 0 saturated carbocycles. The molecule has 0 N–H and O–H groups in total. The van der Waals surface area contributed by atoms with Crippen LogP contribution in [0.4, 0.5) is 0 Å². The predicted octanol–water partition coefficient (Wildman–Crippen LogP) is 2.21. The molecule has 0 unspecified atom stereocenters. The number of nitrogens with zero attached hydrogens (tertiary/aromatic N) is 1. The van der Waals surface area contributed by atoms with Crippen LogP contribution in [0.15, 0.2) is 21.7 Å². The molecule has 3 nitrogen and oxygen atoms in total. The van der Waals surface area contributed by atoms with E-state index in [4.69, 9.17) is 9.25 Å². The molecule has 0 spiro atoms. The Kier molecular flexibility index (Phi) is 2.93. The highest BCUT2D eigenvalue weighted by Gasteiger charge is 2.21. The van der Waals surface area contributed by atoms with Gasteiger partial charge in [-0.3, -0.25) is 0 Å². The third-order valence-corrected chi connectivity index (χ3v) is 3.32. The van der Waals surface area contributed by atoms with E-state index < -0.39 is 8.07 Å². The van der Waals surface area contributed by atoms with E-state index in [1.54, 1.807) is 19.2 Å². The summed E-state index contributed by atoms with van der Waals surface area (Å²) in [5, 5.41) is 4.67. The average Bonchev–Trinajstić information content (AvgIpc) is 2.47. The van der Waals surface area contributed by atoms with Gasteiger partial charge in [0, 0.05) is 12.3 Å². The Balaban J connectivity index is 2.75. The van der Waals surface area contributed by atoms with Gasteiger partial charge in [-0.25, -0.2) is 0 Å². The van der Waals surface area contributed by atoms with Gasteiger partial charge in [-0.2, -0.15) is 0 Å². The SMILES string of the molecule is C/C=N\Oc1ccc([Si](C)(C)C)o1. The van der Waals surface area contributed by atoms with Crippen LogP contribution < -0.4 is 10.2 Å². The lowest BCUT2D eigenvalue weighted by molar-refractivity contribution is 0.263. The first-order chi connectivity index (χ1) is 6.04. The number of furan rings is 1. The topological polar surface area (TPSA) is 34.7 Å². The van der Waals surface area contributed by atoms with Crippen molar-refractivity contribution < 1.29 is 9.25 Å². The molecular weight excluding hydrogens is 182 g/mol. The van der Waals surface area contributed by atoms with E-state index in [1.165, 1.54) is 0 Å². The van der Waals surface area contributed by atoms with Crippen molar-refractivity contribution in [1.29, 1.82) is 0 Å². The fraction of sp³-hybridized carbons (Fsp3) is 0.444. The Morgan fingerprint density at radius 3 is 2.54 bits per heavy atom. The molecule has 0 aliphatic heterocycles. The van der Waals surface area contributed by atoms with Gasteiger partial charge in [-0.1, -0.05) is 24.8 Å². The number of hydrogen-bond acceptors (Lipinski definition) is 3. The minimum atomic E-state index is -1.35. The van der Waals surface area contributed by atoms with Crippen LogP contribution in [0.3, 0.4) is 0 Å². The molecule has 13 heavy (non-hydrogen) atoms. The first kappa shape index (κ1) is 10.1. The van der Waals surface area contributed by atoms with E-state index in [9.17, 15) is 0 Å². The molecule has 0 aliphatic carbocycles. The summed E-state index contributed by atoms with van der Waals surface area (Å²) < 4.78 is 5.48. The molecule has 1 heterocycles. The van der Waals surface area contributed by atoms with Crippen molar-refractivity contribution in [2.45, 2.75) is 26.6 Å². The summed E-state index contributed by atoms with van der Waals surface area (Å²) in [4.78, 5) is 4.96. The van der Waals surface area contributed by atoms with Gasteiger partial charge < -0.3 is 9.25 Å². The van der Waals surface area contributed by atoms with E-state index in [0.29, 0.717) is 5.95 Å². The third kappa shape index (κ3) is 2.73. The summed E-state index contributed by atoms with van der Waals surface area (Å²) in [5.74, 6) is 0.468. The second kappa shape index (κ2) is 3.78. The molecule has 0 aromatic carbocycles. The monoisotopic (exact) mass is 197 g/mol. The second-order valence-corrected chi connectivity index (χ2v) is 8.82. The number of hydrogen-bond donors (Lipinski definition) is 0. The summed E-state index contributed by atoms with van der Waals surface area (Å²) in [7, 11) is -1.35. The summed E-state index contributed by atoms with van der Waals surface area (Å²) in [6, 6.07) is 3.77. The van der Waals surface area contributed by atoms with Gasteiger partial charge >= 0.3 is 5.95 Å². The zero-order chi connectivity index (χ0) is 9.90. The molecule has 0 saturated heterocycles. The van der Waals surface area contributed by atoms with Crippen LogP contribution in [0.25, 0.3) is 0 Å². The third-order valence-electron chi connectivity index (χ3n) is 1.57. The van der Waals surface area contributed by atoms with Gasteiger partial charge in [0.25, 0.3) is 0 Å². The summed E-state index contributed by atoms with van der Waals surface area (Å²) in [5.41, 5.74) is 0. The van der Waals surface area contributed by atoms with Crippen LogP contribution >= 0.6 is 0 Å². The van der Waals surface area contributed by atoms with Crippen LogP contribution in [-0.4, -0.2) is 14.3 Å². The molecule has 72 valence electrons. The molecule has 0 bridgehead atoms. The Hall–Kier alpha value is -1.03. The van der Waals surface area contributed by atoms with Crippen LogP contribution in [-0.2, 0) is 0 Å². The maximum absolute atomic E-state index is 5.48. The number of oxime groups is 1. The molecule has 1 aromatic rings. The number of rotatable bonds is 3.